The van der Waals surface area contributed by atoms with Crippen molar-refractivity contribution in [3.63, 3.8) is 0 Å². The second-order valence-electron chi connectivity index (χ2n) is 3.93. The molecule has 3 rings (SSSR count). The molecule has 0 aliphatic rings. The molecular formula is C12H9BrN4OS. The SMILES string of the molecule is Cn1nccc1C=Cc1nc2sc(Br)cc2c(=O)[nH]1. The van der Waals surface area contributed by atoms with Crippen molar-refractivity contribution in [1.82, 2.24) is 19.7 Å². The van der Waals surface area contributed by atoms with Gasteiger partial charge in [-0.25, -0.2) is 4.98 Å². The fourth-order valence-electron chi connectivity index (χ4n) is 1.71. The molecule has 0 saturated heterocycles. The number of H-pyrrole nitrogens is 1. The number of aromatic amines is 1. The van der Waals surface area contributed by atoms with E-state index in [1.807, 2.05) is 19.2 Å². The molecule has 0 radical (unpaired) electrons. The fraction of sp³-hybridized carbons (Fsp3) is 0.0833. The van der Waals surface area contributed by atoms with Crippen LogP contribution in [0.1, 0.15) is 11.5 Å². The Morgan fingerprint density at radius 1 is 1.47 bits per heavy atom. The van der Waals surface area contributed by atoms with E-state index < -0.39 is 0 Å². The molecule has 0 bridgehead atoms. The summed E-state index contributed by atoms with van der Waals surface area (Å²) in [6.07, 6.45) is 5.35. The van der Waals surface area contributed by atoms with Gasteiger partial charge in [-0.1, -0.05) is 0 Å². The summed E-state index contributed by atoms with van der Waals surface area (Å²) in [5.41, 5.74) is 0.812. The standard InChI is InChI=1S/C12H9BrN4OS/c1-17-7(4-5-14-17)2-3-10-15-11(18)8-6-9(13)19-12(8)16-10/h2-6H,1H3,(H,15,16,18). The first-order valence-corrected chi connectivity index (χ1v) is 7.10. The van der Waals surface area contributed by atoms with Crippen LogP contribution in [-0.4, -0.2) is 19.7 Å². The van der Waals surface area contributed by atoms with Crippen molar-refractivity contribution in [3.8, 4) is 0 Å². The number of hydrogen-bond acceptors (Lipinski definition) is 4. The van der Waals surface area contributed by atoms with E-state index in [1.165, 1.54) is 11.3 Å². The molecule has 0 saturated carbocycles. The van der Waals surface area contributed by atoms with Gasteiger partial charge in [0.1, 0.15) is 10.7 Å². The maximum Gasteiger partial charge on any atom is 0.259 e. The highest BCUT2D eigenvalue weighted by Crippen LogP contribution is 2.25. The highest BCUT2D eigenvalue weighted by Gasteiger charge is 2.06. The van der Waals surface area contributed by atoms with Gasteiger partial charge < -0.3 is 4.98 Å². The van der Waals surface area contributed by atoms with E-state index in [9.17, 15) is 4.79 Å². The summed E-state index contributed by atoms with van der Waals surface area (Å²) in [6.45, 7) is 0. The Labute approximate surface area is 120 Å². The summed E-state index contributed by atoms with van der Waals surface area (Å²) in [5.74, 6) is 0.535. The molecular weight excluding hydrogens is 328 g/mol. The summed E-state index contributed by atoms with van der Waals surface area (Å²) in [6, 6.07) is 3.66. The fourth-order valence-corrected chi connectivity index (χ4v) is 3.17. The smallest absolute Gasteiger partial charge is 0.259 e. The Kier molecular flexibility index (Phi) is 3.08. The zero-order chi connectivity index (χ0) is 13.4. The second kappa shape index (κ2) is 4.75. The molecule has 0 aliphatic carbocycles. The van der Waals surface area contributed by atoms with Crippen LogP contribution in [0.5, 0.6) is 0 Å². The van der Waals surface area contributed by atoms with Crippen LogP contribution in [0, 0.1) is 0 Å². The molecule has 3 aromatic rings. The molecule has 5 nitrogen and oxygen atoms in total. The lowest BCUT2D eigenvalue weighted by atomic mass is 10.3. The summed E-state index contributed by atoms with van der Waals surface area (Å²) in [7, 11) is 1.86. The molecule has 3 aromatic heterocycles. The number of aromatic nitrogens is 4. The molecule has 0 fully saturated rings. The van der Waals surface area contributed by atoms with Crippen molar-refractivity contribution in [1.29, 1.82) is 0 Å². The molecule has 1 N–H and O–H groups in total. The van der Waals surface area contributed by atoms with E-state index in [4.69, 9.17) is 0 Å². The normalized spacial score (nSPS) is 11.7. The van der Waals surface area contributed by atoms with Crippen LogP contribution in [0.15, 0.2) is 26.9 Å². The van der Waals surface area contributed by atoms with Crippen molar-refractivity contribution >= 4 is 49.6 Å². The van der Waals surface area contributed by atoms with Crippen molar-refractivity contribution in [2.45, 2.75) is 0 Å². The van der Waals surface area contributed by atoms with Gasteiger partial charge in [-0.3, -0.25) is 9.48 Å². The molecule has 96 valence electrons. The number of nitrogens with one attached hydrogen (secondary N) is 1. The maximum absolute atomic E-state index is 11.9. The Bertz CT molecular complexity index is 830. The first-order valence-electron chi connectivity index (χ1n) is 5.49. The number of rotatable bonds is 2. The number of aryl methyl sites for hydroxylation is 1. The minimum Gasteiger partial charge on any atom is -0.306 e. The lowest BCUT2D eigenvalue weighted by Crippen LogP contribution is -2.07. The van der Waals surface area contributed by atoms with Gasteiger partial charge in [-0.15, -0.1) is 11.3 Å². The molecule has 3 heterocycles. The van der Waals surface area contributed by atoms with Gasteiger partial charge in [0.05, 0.1) is 14.9 Å². The van der Waals surface area contributed by atoms with Crippen LogP contribution in [0.3, 0.4) is 0 Å². The van der Waals surface area contributed by atoms with E-state index in [1.54, 1.807) is 23.0 Å². The highest BCUT2D eigenvalue weighted by atomic mass is 79.9. The molecule has 0 aliphatic heterocycles. The average Bonchev–Trinajstić information content (AvgIpc) is 2.92. The minimum atomic E-state index is -0.128. The number of halogens is 1. The molecule has 0 aromatic carbocycles. The van der Waals surface area contributed by atoms with E-state index >= 15 is 0 Å². The predicted octanol–water partition coefficient (Wildman–Crippen LogP) is 2.65. The summed E-state index contributed by atoms with van der Waals surface area (Å²) < 4.78 is 2.64. The largest absolute Gasteiger partial charge is 0.306 e. The van der Waals surface area contributed by atoms with Crippen LogP contribution in [0.25, 0.3) is 22.4 Å². The third-order valence-corrected chi connectivity index (χ3v) is 4.19. The first-order chi connectivity index (χ1) is 9.13. The maximum atomic E-state index is 11.9. The summed E-state index contributed by atoms with van der Waals surface area (Å²) in [5, 5.41) is 4.67. The molecule has 0 amide bonds. The molecule has 0 atom stereocenters. The first kappa shape index (κ1) is 12.3. The lowest BCUT2D eigenvalue weighted by Gasteiger charge is -1.95. The molecule has 0 spiro atoms. The van der Waals surface area contributed by atoms with Crippen molar-refractivity contribution in [2.24, 2.45) is 7.05 Å². The van der Waals surface area contributed by atoms with Gasteiger partial charge in [-0.05, 0) is 40.2 Å². The third-order valence-electron chi connectivity index (χ3n) is 2.66. The monoisotopic (exact) mass is 336 g/mol. The topological polar surface area (TPSA) is 63.6 Å². The summed E-state index contributed by atoms with van der Waals surface area (Å²) in [4.78, 5) is 19.8. The van der Waals surface area contributed by atoms with Gasteiger partial charge in [0.2, 0.25) is 0 Å². The quantitative estimate of drug-likeness (QED) is 0.782. The van der Waals surface area contributed by atoms with Crippen molar-refractivity contribution < 1.29 is 0 Å². The Hall–Kier alpha value is -1.73. The van der Waals surface area contributed by atoms with Gasteiger partial charge in [0, 0.05) is 13.2 Å². The zero-order valence-corrected chi connectivity index (χ0v) is 12.3. The summed E-state index contributed by atoms with van der Waals surface area (Å²) >= 11 is 4.80. The van der Waals surface area contributed by atoms with E-state index in [0.717, 1.165) is 14.3 Å². The number of hydrogen-bond donors (Lipinski definition) is 1. The molecule has 19 heavy (non-hydrogen) atoms. The van der Waals surface area contributed by atoms with E-state index in [-0.39, 0.29) is 5.56 Å². The van der Waals surface area contributed by atoms with Gasteiger partial charge in [0.25, 0.3) is 5.56 Å². The van der Waals surface area contributed by atoms with Crippen LogP contribution in [0.4, 0.5) is 0 Å². The van der Waals surface area contributed by atoms with E-state index in [0.29, 0.717) is 11.2 Å². The third kappa shape index (κ3) is 2.39. The zero-order valence-electron chi connectivity index (χ0n) is 9.92. The van der Waals surface area contributed by atoms with E-state index in [2.05, 4.69) is 31.0 Å². The number of thiophene rings is 1. The molecule has 7 heteroatoms. The Balaban J connectivity index is 2.04. The number of nitrogens with zero attached hydrogens (tertiary/aromatic N) is 3. The minimum absolute atomic E-state index is 0.128. The van der Waals surface area contributed by atoms with Crippen LogP contribution < -0.4 is 5.56 Å². The van der Waals surface area contributed by atoms with Gasteiger partial charge in [0.15, 0.2) is 0 Å². The van der Waals surface area contributed by atoms with Crippen molar-refractivity contribution in [3.05, 3.63) is 44.0 Å². The average molecular weight is 337 g/mol. The highest BCUT2D eigenvalue weighted by molar-refractivity contribution is 9.11. The second-order valence-corrected chi connectivity index (χ2v) is 6.34. The van der Waals surface area contributed by atoms with Crippen LogP contribution >= 0.6 is 27.3 Å². The van der Waals surface area contributed by atoms with Gasteiger partial charge >= 0.3 is 0 Å². The van der Waals surface area contributed by atoms with Gasteiger partial charge in [-0.2, -0.15) is 5.10 Å². The Morgan fingerprint density at radius 3 is 3.05 bits per heavy atom. The molecule has 0 unspecified atom stereocenters. The lowest BCUT2D eigenvalue weighted by molar-refractivity contribution is 0.760. The van der Waals surface area contributed by atoms with Crippen LogP contribution in [0.2, 0.25) is 0 Å². The van der Waals surface area contributed by atoms with Crippen LogP contribution in [-0.2, 0) is 7.05 Å². The predicted molar refractivity (Wildman–Crippen MR) is 80.1 cm³/mol. The number of fused-ring (bicyclic) bond motifs is 1. The Morgan fingerprint density at radius 2 is 2.32 bits per heavy atom. The van der Waals surface area contributed by atoms with Crippen molar-refractivity contribution in [2.75, 3.05) is 0 Å².